The lowest BCUT2D eigenvalue weighted by Gasteiger charge is -2.05. The van der Waals surface area contributed by atoms with E-state index < -0.39 is 12.0 Å². The van der Waals surface area contributed by atoms with Crippen LogP contribution in [0.2, 0.25) is 0 Å². The maximum atomic E-state index is 12.1. The second-order valence-electron chi connectivity index (χ2n) is 5.16. The van der Waals surface area contributed by atoms with E-state index >= 15 is 0 Å². The van der Waals surface area contributed by atoms with Gasteiger partial charge in [0.1, 0.15) is 11.6 Å². The van der Waals surface area contributed by atoms with Crippen molar-refractivity contribution in [3.05, 3.63) is 71.2 Å². The van der Waals surface area contributed by atoms with Gasteiger partial charge in [-0.25, -0.2) is 14.6 Å². The summed E-state index contributed by atoms with van der Waals surface area (Å²) in [5.74, 6) is -0.498. The number of esters is 1. The number of nitrogens with zero attached hydrogens (tertiary/aromatic N) is 1. The van der Waals surface area contributed by atoms with Gasteiger partial charge in [-0.1, -0.05) is 36.4 Å². The van der Waals surface area contributed by atoms with Gasteiger partial charge in [0.15, 0.2) is 0 Å². The summed E-state index contributed by atoms with van der Waals surface area (Å²) in [6, 6.07) is 15.5. The fourth-order valence-corrected chi connectivity index (χ4v) is 2.99. The first kappa shape index (κ1) is 16.7. The summed E-state index contributed by atoms with van der Waals surface area (Å²) in [6.45, 7) is 0.0790. The highest BCUT2D eigenvalue weighted by Gasteiger charge is 2.11. The number of hydrogen-bond acceptors (Lipinski definition) is 5. The van der Waals surface area contributed by atoms with Crippen LogP contribution in [0.3, 0.4) is 0 Å². The Labute approximate surface area is 148 Å². The SMILES string of the molecule is NC(=O)Nc1cccc(C(=O)OCc2csc(-c3ccccc3)n2)c1. The Balaban J connectivity index is 1.63. The second kappa shape index (κ2) is 7.59. The molecule has 0 aliphatic carbocycles. The van der Waals surface area contributed by atoms with Crippen molar-refractivity contribution >= 4 is 29.0 Å². The van der Waals surface area contributed by atoms with Crippen LogP contribution in [0.1, 0.15) is 16.1 Å². The highest BCUT2D eigenvalue weighted by atomic mass is 32.1. The summed E-state index contributed by atoms with van der Waals surface area (Å²) in [7, 11) is 0. The second-order valence-corrected chi connectivity index (χ2v) is 6.01. The number of thiazole rings is 1. The summed E-state index contributed by atoms with van der Waals surface area (Å²) in [5.41, 5.74) is 7.53. The molecule has 3 N–H and O–H groups in total. The van der Waals surface area contributed by atoms with Crippen LogP contribution in [0.25, 0.3) is 10.6 Å². The number of carbonyl (C=O) groups is 2. The van der Waals surface area contributed by atoms with Crippen LogP contribution in [0.5, 0.6) is 0 Å². The van der Waals surface area contributed by atoms with Gasteiger partial charge in [-0.3, -0.25) is 0 Å². The largest absolute Gasteiger partial charge is 0.456 e. The van der Waals surface area contributed by atoms with Gasteiger partial charge in [0, 0.05) is 16.6 Å². The van der Waals surface area contributed by atoms with Crippen molar-refractivity contribution in [1.82, 2.24) is 4.98 Å². The first-order valence-corrected chi connectivity index (χ1v) is 8.33. The topological polar surface area (TPSA) is 94.3 Å². The quantitative estimate of drug-likeness (QED) is 0.685. The van der Waals surface area contributed by atoms with Crippen molar-refractivity contribution in [2.24, 2.45) is 5.73 Å². The molecule has 1 aromatic heterocycles. The summed E-state index contributed by atoms with van der Waals surface area (Å²) >= 11 is 1.50. The number of ether oxygens (including phenoxy) is 1. The number of aromatic nitrogens is 1. The Kier molecular flexibility index (Phi) is 5.06. The molecule has 0 radical (unpaired) electrons. The van der Waals surface area contributed by atoms with Crippen molar-refractivity contribution in [3.8, 4) is 10.6 Å². The molecule has 0 aliphatic rings. The molecule has 3 aromatic rings. The van der Waals surface area contributed by atoms with E-state index in [0.29, 0.717) is 16.9 Å². The molecule has 0 fully saturated rings. The molecule has 0 atom stereocenters. The average molecular weight is 353 g/mol. The van der Waals surface area contributed by atoms with Crippen molar-refractivity contribution < 1.29 is 14.3 Å². The van der Waals surface area contributed by atoms with Crippen LogP contribution < -0.4 is 11.1 Å². The third kappa shape index (κ3) is 4.42. The minimum absolute atomic E-state index is 0.0790. The molecule has 0 spiro atoms. The van der Waals surface area contributed by atoms with Crippen LogP contribution in [-0.4, -0.2) is 17.0 Å². The first-order valence-electron chi connectivity index (χ1n) is 7.45. The van der Waals surface area contributed by atoms with Gasteiger partial charge in [-0.15, -0.1) is 11.3 Å². The number of urea groups is 1. The first-order chi connectivity index (χ1) is 12.1. The molecule has 2 aromatic carbocycles. The molecule has 25 heavy (non-hydrogen) atoms. The Morgan fingerprint density at radius 1 is 1.12 bits per heavy atom. The van der Waals surface area contributed by atoms with Gasteiger partial charge >= 0.3 is 12.0 Å². The Morgan fingerprint density at radius 2 is 1.92 bits per heavy atom. The number of primary amides is 1. The van der Waals surface area contributed by atoms with Crippen molar-refractivity contribution in [2.75, 3.05) is 5.32 Å². The van der Waals surface area contributed by atoms with Crippen LogP contribution in [0.4, 0.5) is 10.5 Å². The predicted octanol–water partition coefficient (Wildman–Crippen LogP) is 3.66. The van der Waals surface area contributed by atoms with E-state index in [1.807, 2.05) is 35.7 Å². The molecule has 0 saturated heterocycles. The van der Waals surface area contributed by atoms with E-state index in [4.69, 9.17) is 10.5 Å². The van der Waals surface area contributed by atoms with Crippen LogP contribution >= 0.6 is 11.3 Å². The third-order valence-corrected chi connectivity index (χ3v) is 4.23. The van der Waals surface area contributed by atoms with Crippen molar-refractivity contribution in [2.45, 2.75) is 6.61 Å². The summed E-state index contributed by atoms with van der Waals surface area (Å²) in [6.07, 6.45) is 0. The lowest BCUT2D eigenvalue weighted by molar-refractivity contribution is 0.0468. The van der Waals surface area contributed by atoms with Gasteiger partial charge in [0.25, 0.3) is 0 Å². The molecule has 6 nitrogen and oxygen atoms in total. The molecule has 0 unspecified atom stereocenters. The molecule has 126 valence electrons. The molecule has 2 amide bonds. The maximum Gasteiger partial charge on any atom is 0.338 e. The number of nitrogens with one attached hydrogen (secondary N) is 1. The average Bonchev–Trinajstić information content (AvgIpc) is 3.09. The molecule has 7 heteroatoms. The lowest BCUT2D eigenvalue weighted by atomic mass is 10.2. The minimum atomic E-state index is -0.693. The number of benzene rings is 2. The molecular formula is C18H15N3O3S. The highest BCUT2D eigenvalue weighted by molar-refractivity contribution is 7.13. The van der Waals surface area contributed by atoms with Crippen molar-refractivity contribution in [3.63, 3.8) is 0 Å². The van der Waals surface area contributed by atoms with E-state index in [2.05, 4.69) is 10.3 Å². The Hall–Kier alpha value is -3.19. The summed E-state index contributed by atoms with van der Waals surface area (Å²) in [5, 5.41) is 5.15. The standard InChI is InChI=1S/C18H15N3O3S/c19-18(23)21-14-8-4-7-13(9-14)17(22)24-10-15-11-25-16(20-15)12-5-2-1-3-6-12/h1-9,11H,10H2,(H3,19,21,23). The smallest absolute Gasteiger partial charge is 0.338 e. The number of anilines is 1. The van der Waals surface area contributed by atoms with Gasteiger partial charge in [0.2, 0.25) is 0 Å². The zero-order chi connectivity index (χ0) is 17.6. The summed E-state index contributed by atoms with van der Waals surface area (Å²) in [4.78, 5) is 27.5. The number of hydrogen-bond donors (Lipinski definition) is 2. The molecule has 0 saturated carbocycles. The molecule has 0 bridgehead atoms. The van der Waals surface area contributed by atoms with Crippen LogP contribution in [0.15, 0.2) is 60.0 Å². The lowest BCUT2D eigenvalue weighted by Crippen LogP contribution is -2.19. The fourth-order valence-electron chi connectivity index (χ4n) is 2.18. The van der Waals surface area contributed by atoms with Gasteiger partial charge < -0.3 is 15.8 Å². The van der Waals surface area contributed by atoms with E-state index in [-0.39, 0.29) is 6.61 Å². The normalized spacial score (nSPS) is 10.2. The molecule has 3 rings (SSSR count). The third-order valence-electron chi connectivity index (χ3n) is 3.29. The van der Waals surface area contributed by atoms with E-state index in [9.17, 15) is 9.59 Å². The molecule has 1 heterocycles. The number of amides is 2. The van der Waals surface area contributed by atoms with Crippen LogP contribution in [0, 0.1) is 0 Å². The van der Waals surface area contributed by atoms with Gasteiger partial charge in [-0.2, -0.15) is 0 Å². The van der Waals surface area contributed by atoms with Gasteiger partial charge in [0.05, 0.1) is 11.3 Å². The number of nitrogens with two attached hydrogens (primary N) is 1. The van der Waals surface area contributed by atoms with Crippen molar-refractivity contribution in [1.29, 1.82) is 0 Å². The fraction of sp³-hybridized carbons (Fsp3) is 0.0556. The van der Waals surface area contributed by atoms with E-state index in [1.165, 1.54) is 17.4 Å². The monoisotopic (exact) mass is 353 g/mol. The highest BCUT2D eigenvalue weighted by Crippen LogP contribution is 2.23. The molecular weight excluding hydrogens is 338 g/mol. The summed E-state index contributed by atoms with van der Waals surface area (Å²) < 4.78 is 5.28. The molecule has 0 aliphatic heterocycles. The number of carbonyl (C=O) groups excluding carboxylic acids is 2. The van der Waals surface area contributed by atoms with Crippen LogP contribution in [-0.2, 0) is 11.3 Å². The Bertz CT molecular complexity index is 893. The Morgan fingerprint density at radius 3 is 2.68 bits per heavy atom. The zero-order valence-corrected chi connectivity index (χ0v) is 14.0. The zero-order valence-electron chi connectivity index (χ0n) is 13.1. The number of rotatable bonds is 5. The minimum Gasteiger partial charge on any atom is -0.456 e. The predicted molar refractivity (Wildman–Crippen MR) is 96.3 cm³/mol. The van der Waals surface area contributed by atoms with Gasteiger partial charge in [-0.05, 0) is 18.2 Å². The maximum absolute atomic E-state index is 12.1. The van der Waals surface area contributed by atoms with E-state index in [0.717, 1.165) is 10.6 Å². The van der Waals surface area contributed by atoms with E-state index in [1.54, 1.807) is 18.2 Å².